The molecule has 1 aromatic carbocycles. The summed E-state index contributed by atoms with van der Waals surface area (Å²) < 4.78 is 5.34. The number of nitrogens with zero attached hydrogens (tertiary/aromatic N) is 1. The van der Waals surface area contributed by atoms with Crippen LogP contribution in [0.5, 0.6) is 0 Å². The van der Waals surface area contributed by atoms with Crippen LogP contribution in [0, 0.1) is 0 Å². The van der Waals surface area contributed by atoms with Crippen molar-refractivity contribution in [2.45, 2.75) is 26.4 Å². The second-order valence-corrected chi connectivity index (χ2v) is 4.66. The summed E-state index contributed by atoms with van der Waals surface area (Å²) in [6.45, 7) is 6.43. The Morgan fingerprint density at radius 1 is 1.32 bits per heavy atom. The predicted octanol–water partition coefficient (Wildman–Crippen LogP) is 1.72. The number of ether oxygens (including phenoxy) is 1. The number of nitrogens with one attached hydrogen (secondary N) is 1. The zero-order valence-electron chi connectivity index (χ0n) is 11.7. The minimum Gasteiger partial charge on any atom is -0.380 e. The lowest BCUT2D eigenvalue weighted by Crippen LogP contribution is -2.33. The first-order valence-corrected chi connectivity index (χ1v) is 6.95. The third-order valence-corrected chi connectivity index (χ3v) is 3.46. The maximum atomic E-state index is 11.9. The summed E-state index contributed by atoms with van der Waals surface area (Å²) in [5.41, 5.74) is 2.45. The molecule has 1 saturated heterocycles. The summed E-state index contributed by atoms with van der Waals surface area (Å²) in [4.78, 5) is 13.7. The number of amides is 1. The molecular weight excluding hydrogens is 240 g/mol. The molecule has 1 heterocycles. The van der Waals surface area contributed by atoms with E-state index in [9.17, 15) is 4.79 Å². The molecule has 0 saturated carbocycles. The van der Waals surface area contributed by atoms with Crippen LogP contribution in [0.3, 0.4) is 0 Å². The number of benzene rings is 1. The molecule has 1 N–H and O–H groups in total. The van der Waals surface area contributed by atoms with Gasteiger partial charge in [0.1, 0.15) is 6.17 Å². The van der Waals surface area contributed by atoms with Gasteiger partial charge in [0, 0.05) is 13.2 Å². The van der Waals surface area contributed by atoms with Gasteiger partial charge >= 0.3 is 0 Å². The molecule has 0 radical (unpaired) electrons. The molecule has 0 aliphatic carbocycles. The summed E-state index contributed by atoms with van der Waals surface area (Å²) in [6, 6.07) is 8.45. The van der Waals surface area contributed by atoms with Gasteiger partial charge in [0.25, 0.3) is 0 Å². The van der Waals surface area contributed by atoms with Crippen LogP contribution in [-0.2, 0) is 16.0 Å². The van der Waals surface area contributed by atoms with E-state index >= 15 is 0 Å². The SMILES string of the molecule is CCOCCN1C(=O)CNC1c1ccc(CC)cc1. The summed E-state index contributed by atoms with van der Waals surface area (Å²) in [5.74, 6) is 0.143. The molecule has 4 heteroatoms. The van der Waals surface area contributed by atoms with Crippen molar-refractivity contribution in [3.8, 4) is 0 Å². The Bertz CT molecular complexity index is 417. The van der Waals surface area contributed by atoms with Crippen LogP contribution in [0.25, 0.3) is 0 Å². The first-order chi connectivity index (χ1) is 9.26. The first-order valence-electron chi connectivity index (χ1n) is 6.95. The number of hydrogen-bond acceptors (Lipinski definition) is 3. The highest BCUT2D eigenvalue weighted by Crippen LogP contribution is 2.22. The van der Waals surface area contributed by atoms with Gasteiger partial charge in [-0.3, -0.25) is 10.1 Å². The van der Waals surface area contributed by atoms with E-state index in [4.69, 9.17) is 4.74 Å². The van der Waals surface area contributed by atoms with Gasteiger partial charge in [-0.1, -0.05) is 31.2 Å². The molecule has 1 amide bonds. The molecule has 0 spiro atoms. The molecule has 4 nitrogen and oxygen atoms in total. The Hall–Kier alpha value is -1.39. The van der Waals surface area contributed by atoms with Crippen LogP contribution in [-0.4, -0.2) is 37.1 Å². The van der Waals surface area contributed by atoms with E-state index in [0.29, 0.717) is 26.3 Å². The highest BCUT2D eigenvalue weighted by molar-refractivity contribution is 5.80. The van der Waals surface area contributed by atoms with E-state index in [1.54, 1.807) is 0 Å². The van der Waals surface area contributed by atoms with Crippen LogP contribution in [0.2, 0.25) is 0 Å². The van der Waals surface area contributed by atoms with E-state index in [0.717, 1.165) is 12.0 Å². The van der Waals surface area contributed by atoms with Gasteiger partial charge in [-0.25, -0.2) is 0 Å². The highest BCUT2D eigenvalue weighted by Gasteiger charge is 2.30. The molecule has 1 unspecified atom stereocenters. The van der Waals surface area contributed by atoms with E-state index in [1.807, 2.05) is 11.8 Å². The Balaban J connectivity index is 2.05. The molecule has 104 valence electrons. The van der Waals surface area contributed by atoms with Gasteiger partial charge < -0.3 is 9.64 Å². The van der Waals surface area contributed by atoms with E-state index in [-0.39, 0.29) is 12.1 Å². The summed E-state index contributed by atoms with van der Waals surface area (Å²) >= 11 is 0. The average molecular weight is 262 g/mol. The maximum Gasteiger partial charge on any atom is 0.238 e. The first kappa shape index (κ1) is 14.0. The van der Waals surface area contributed by atoms with Gasteiger partial charge in [0.05, 0.1) is 13.2 Å². The monoisotopic (exact) mass is 262 g/mol. The molecule has 1 aliphatic rings. The second-order valence-electron chi connectivity index (χ2n) is 4.66. The summed E-state index contributed by atoms with van der Waals surface area (Å²) in [7, 11) is 0. The number of aryl methyl sites for hydroxylation is 1. The van der Waals surface area contributed by atoms with Gasteiger partial charge in [0.15, 0.2) is 0 Å². The third kappa shape index (κ3) is 3.33. The lowest BCUT2D eigenvalue weighted by Gasteiger charge is -2.24. The lowest BCUT2D eigenvalue weighted by atomic mass is 10.1. The second kappa shape index (κ2) is 6.68. The molecule has 0 aromatic heterocycles. The zero-order chi connectivity index (χ0) is 13.7. The van der Waals surface area contributed by atoms with Gasteiger partial charge in [0.2, 0.25) is 5.91 Å². The predicted molar refractivity (Wildman–Crippen MR) is 74.8 cm³/mol. The van der Waals surface area contributed by atoms with Gasteiger partial charge in [-0.05, 0) is 24.5 Å². The molecule has 1 atom stereocenters. The summed E-state index contributed by atoms with van der Waals surface area (Å²) in [6.07, 6.45) is 1.02. The van der Waals surface area contributed by atoms with Gasteiger partial charge in [-0.2, -0.15) is 0 Å². The number of rotatable bonds is 6. The van der Waals surface area contributed by atoms with Crippen LogP contribution < -0.4 is 5.32 Å². The molecule has 1 aromatic rings. The van der Waals surface area contributed by atoms with Crippen molar-refractivity contribution in [1.82, 2.24) is 10.2 Å². The van der Waals surface area contributed by atoms with Crippen molar-refractivity contribution in [2.75, 3.05) is 26.3 Å². The van der Waals surface area contributed by atoms with E-state index in [2.05, 4.69) is 36.5 Å². The van der Waals surface area contributed by atoms with Crippen LogP contribution in [0.1, 0.15) is 31.1 Å². The normalized spacial score (nSPS) is 19.2. The zero-order valence-corrected chi connectivity index (χ0v) is 11.7. The van der Waals surface area contributed by atoms with Crippen molar-refractivity contribution < 1.29 is 9.53 Å². The lowest BCUT2D eigenvalue weighted by molar-refractivity contribution is -0.128. The number of carbonyl (C=O) groups excluding carboxylic acids is 1. The van der Waals surface area contributed by atoms with Crippen LogP contribution in [0.4, 0.5) is 0 Å². The Kier molecular flexibility index (Phi) is 4.93. The topological polar surface area (TPSA) is 41.6 Å². The molecule has 19 heavy (non-hydrogen) atoms. The molecular formula is C15H22N2O2. The minimum absolute atomic E-state index is 0.0149. The fraction of sp³-hybridized carbons (Fsp3) is 0.533. The largest absolute Gasteiger partial charge is 0.380 e. The van der Waals surface area contributed by atoms with Crippen LogP contribution in [0.15, 0.2) is 24.3 Å². The Labute approximate surface area is 114 Å². The Morgan fingerprint density at radius 2 is 2.05 bits per heavy atom. The fourth-order valence-corrected chi connectivity index (χ4v) is 2.33. The number of hydrogen-bond donors (Lipinski definition) is 1. The summed E-state index contributed by atoms with van der Waals surface area (Å²) in [5, 5.41) is 3.26. The molecule has 0 bridgehead atoms. The minimum atomic E-state index is -0.0149. The van der Waals surface area contributed by atoms with E-state index in [1.165, 1.54) is 5.56 Å². The average Bonchev–Trinajstić information content (AvgIpc) is 2.81. The molecule has 1 fully saturated rings. The van der Waals surface area contributed by atoms with Crippen LogP contribution >= 0.6 is 0 Å². The highest BCUT2D eigenvalue weighted by atomic mass is 16.5. The fourth-order valence-electron chi connectivity index (χ4n) is 2.33. The van der Waals surface area contributed by atoms with Gasteiger partial charge in [-0.15, -0.1) is 0 Å². The smallest absolute Gasteiger partial charge is 0.238 e. The van der Waals surface area contributed by atoms with Crippen molar-refractivity contribution in [2.24, 2.45) is 0 Å². The number of carbonyl (C=O) groups is 1. The van der Waals surface area contributed by atoms with Crippen molar-refractivity contribution in [1.29, 1.82) is 0 Å². The van der Waals surface area contributed by atoms with Crippen molar-refractivity contribution in [3.63, 3.8) is 0 Å². The standard InChI is InChI=1S/C15H22N2O2/c1-3-12-5-7-13(8-6-12)15-16-11-14(18)17(15)9-10-19-4-2/h5-8,15-16H,3-4,9-11H2,1-2H3. The molecule has 1 aliphatic heterocycles. The van der Waals surface area contributed by atoms with Crippen molar-refractivity contribution in [3.05, 3.63) is 35.4 Å². The third-order valence-electron chi connectivity index (χ3n) is 3.46. The Morgan fingerprint density at radius 3 is 2.68 bits per heavy atom. The molecule has 2 rings (SSSR count). The van der Waals surface area contributed by atoms with E-state index < -0.39 is 0 Å². The van der Waals surface area contributed by atoms with Crippen molar-refractivity contribution >= 4 is 5.91 Å². The maximum absolute atomic E-state index is 11.9. The quantitative estimate of drug-likeness (QED) is 0.794.